The van der Waals surface area contributed by atoms with E-state index in [9.17, 15) is 9.59 Å². The summed E-state index contributed by atoms with van der Waals surface area (Å²) in [6.45, 7) is 6.19. The number of nitrogens with zero attached hydrogens (tertiary/aromatic N) is 3. The molecule has 9 nitrogen and oxygen atoms in total. The Morgan fingerprint density at radius 2 is 2.06 bits per heavy atom. The molecule has 1 atom stereocenters. The zero-order valence-corrected chi connectivity index (χ0v) is 19.5. The Hall–Kier alpha value is -3.07. The van der Waals surface area contributed by atoms with E-state index in [1.165, 1.54) is 0 Å². The van der Waals surface area contributed by atoms with Crippen molar-refractivity contribution in [2.75, 3.05) is 40.9 Å². The van der Waals surface area contributed by atoms with E-state index in [1.54, 1.807) is 26.2 Å². The second kappa shape index (κ2) is 10.5. The number of carbonyl (C=O) groups excluding carboxylic acids is 2. The highest BCUT2D eigenvalue weighted by atomic mass is 16.5. The Balaban J connectivity index is 1.68. The van der Waals surface area contributed by atoms with Gasteiger partial charge in [0.05, 0.1) is 32.4 Å². The summed E-state index contributed by atoms with van der Waals surface area (Å²) in [5.74, 6) is 1.10. The minimum absolute atomic E-state index is 0.0616. The van der Waals surface area contributed by atoms with Crippen molar-refractivity contribution in [1.82, 2.24) is 25.3 Å². The summed E-state index contributed by atoms with van der Waals surface area (Å²) in [7, 11) is 4.98. The molecule has 2 amide bonds. The fourth-order valence-corrected chi connectivity index (χ4v) is 4.14. The number of benzene rings is 1. The molecule has 9 heteroatoms. The molecule has 3 rings (SSSR count). The molecular weight excluding hydrogens is 410 g/mol. The Kier molecular flexibility index (Phi) is 7.74. The third-order valence-corrected chi connectivity index (χ3v) is 6.07. The van der Waals surface area contributed by atoms with Crippen molar-refractivity contribution in [3.05, 3.63) is 40.7 Å². The predicted molar refractivity (Wildman–Crippen MR) is 121 cm³/mol. The SMILES string of the molecule is COc1cccc(CN2CCNC(=O)[C@@H]2CC(=O)N(C)CCc2c(C)n[nH]c2C)c1OC. The molecule has 1 fully saturated rings. The van der Waals surface area contributed by atoms with Crippen molar-refractivity contribution in [3.8, 4) is 11.5 Å². The number of rotatable bonds is 9. The van der Waals surface area contributed by atoms with Crippen LogP contribution in [0, 0.1) is 13.8 Å². The van der Waals surface area contributed by atoms with Gasteiger partial charge in [0.25, 0.3) is 0 Å². The first-order chi connectivity index (χ1) is 15.3. The monoisotopic (exact) mass is 443 g/mol. The van der Waals surface area contributed by atoms with Gasteiger partial charge in [-0.15, -0.1) is 0 Å². The lowest BCUT2D eigenvalue weighted by atomic mass is 10.0. The largest absolute Gasteiger partial charge is 0.493 e. The molecule has 1 aliphatic heterocycles. The Morgan fingerprint density at radius 1 is 1.28 bits per heavy atom. The van der Waals surface area contributed by atoms with Gasteiger partial charge < -0.3 is 19.7 Å². The van der Waals surface area contributed by atoms with E-state index in [2.05, 4.69) is 15.5 Å². The van der Waals surface area contributed by atoms with Crippen molar-refractivity contribution in [1.29, 1.82) is 0 Å². The van der Waals surface area contributed by atoms with Crippen LogP contribution in [0.2, 0.25) is 0 Å². The van der Waals surface area contributed by atoms with Crippen LogP contribution in [-0.2, 0) is 22.6 Å². The third-order valence-electron chi connectivity index (χ3n) is 6.07. The van der Waals surface area contributed by atoms with E-state index in [1.807, 2.05) is 36.9 Å². The first kappa shape index (κ1) is 23.6. The average Bonchev–Trinajstić information content (AvgIpc) is 3.11. The Labute approximate surface area is 189 Å². The van der Waals surface area contributed by atoms with Gasteiger partial charge in [0.2, 0.25) is 11.8 Å². The number of hydrogen-bond acceptors (Lipinski definition) is 6. The number of nitrogens with one attached hydrogen (secondary N) is 2. The summed E-state index contributed by atoms with van der Waals surface area (Å²) in [4.78, 5) is 29.4. The van der Waals surface area contributed by atoms with Crippen LogP contribution in [0.3, 0.4) is 0 Å². The minimum Gasteiger partial charge on any atom is -0.493 e. The van der Waals surface area contributed by atoms with Gasteiger partial charge in [0.15, 0.2) is 11.5 Å². The highest BCUT2D eigenvalue weighted by molar-refractivity contribution is 5.88. The van der Waals surface area contributed by atoms with E-state index < -0.39 is 6.04 Å². The number of aromatic nitrogens is 2. The molecule has 0 radical (unpaired) electrons. The van der Waals surface area contributed by atoms with Crippen LogP contribution in [0.25, 0.3) is 0 Å². The molecule has 2 heterocycles. The molecule has 2 aromatic rings. The van der Waals surface area contributed by atoms with Crippen LogP contribution in [0.15, 0.2) is 18.2 Å². The maximum Gasteiger partial charge on any atom is 0.237 e. The van der Waals surface area contributed by atoms with Gasteiger partial charge in [0.1, 0.15) is 0 Å². The molecule has 0 unspecified atom stereocenters. The molecule has 174 valence electrons. The fraction of sp³-hybridized carbons (Fsp3) is 0.522. The summed E-state index contributed by atoms with van der Waals surface area (Å²) in [5, 5.41) is 10.1. The zero-order chi connectivity index (χ0) is 23.3. The molecule has 0 saturated carbocycles. The fourth-order valence-electron chi connectivity index (χ4n) is 4.14. The van der Waals surface area contributed by atoms with Crippen molar-refractivity contribution in [2.24, 2.45) is 0 Å². The van der Waals surface area contributed by atoms with Gasteiger partial charge in [0, 0.05) is 44.5 Å². The number of H-pyrrole nitrogens is 1. The maximum absolute atomic E-state index is 13.0. The molecule has 2 N–H and O–H groups in total. The topological polar surface area (TPSA) is 99.8 Å². The number of methoxy groups -OCH3 is 2. The van der Waals surface area contributed by atoms with Crippen LogP contribution < -0.4 is 14.8 Å². The summed E-state index contributed by atoms with van der Waals surface area (Å²) in [6.07, 6.45) is 0.843. The van der Waals surface area contributed by atoms with Crippen molar-refractivity contribution >= 4 is 11.8 Å². The number of hydrogen-bond donors (Lipinski definition) is 2. The van der Waals surface area contributed by atoms with Gasteiger partial charge in [-0.25, -0.2) is 0 Å². The van der Waals surface area contributed by atoms with Crippen LogP contribution in [0.1, 0.15) is 28.9 Å². The third kappa shape index (κ3) is 5.21. The minimum atomic E-state index is -0.535. The highest BCUT2D eigenvalue weighted by Crippen LogP contribution is 2.32. The van der Waals surface area contributed by atoms with Crippen LogP contribution in [0.5, 0.6) is 11.5 Å². The molecular formula is C23H33N5O4. The lowest BCUT2D eigenvalue weighted by Gasteiger charge is -2.35. The number of para-hydroxylation sites is 1. The second-order valence-electron chi connectivity index (χ2n) is 8.11. The summed E-state index contributed by atoms with van der Waals surface area (Å²) >= 11 is 0. The molecule has 1 saturated heterocycles. The van der Waals surface area contributed by atoms with E-state index in [-0.39, 0.29) is 18.2 Å². The standard InChI is InChI=1S/C23H33N5O4/c1-15-18(16(2)26-25-15)9-11-27(3)21(29)13-19-23(30)24-10-12-28(19)14-17-7-6-8-20(31-4)22(17)32-5/h6-8,19H,9-14H2,1-5H3,(H,24,30)(H,25,26)/t19-/m0/s1. The molecule has 0 bridgehead atoms. The Bertz CT molecular complexity index is 938. The number of amides is 2. The van der Waals surface area contributed by atoms with Gasteiger partial charge >= 0.3 is 0 Å². The summed E-state index contributed by atoms with van der Waals surface area (Å²) < 4.78 is 10.9. The van der Waals surface area contributed by atoms with E-state index in [0.717, 1.165) is 28.9 Å². The quantitative estimate of drug-likeness (QED) is 0.608. The number of aryl methyl sites for hydroxylation is 2. The van der Waals surface area contributed by atoms with E-state index in [4.69, 9.17) is 9.47 Å². The number of piperazine rings is 1. The average molecular weight is 444 g/mol. The Morgan fingerprint density at radius 3 is 2.72 bits per heavy atom. The normalized spacial score (nSPS) is 16.5. The maximum atomic E-state index is 13.0. The number of aromatic amines is 1. The number of ether oxygens (including phenoxy) is 2. The van der Waals surface area contributed by atoms with Crippen LogP contribution in [-0.4, -0.2) is 78.8 Å². The molecule has 0 aliphatic carbocycles. The van der Waals surface area contributed by atoms with Gasteiger partial charge in [-0.3, -0.25) is 19.6 Å². The van der Waals surface area contributed by atoms with Crippen molar-refractivity contribution < 1.29 is 19.1 Å². The number of carbonyl (C=O) groups is 2. The van der Waals surface area contributed by atoms with Gasteiger partial charge in [-0.2, -0.15) is 5.10 Å². The lowest BCUT2D eigenvalue weighted by molar-refractivity contribution is -0.138. The molecule has 32 heavy (non-hydrogen) atoms. The second-order valence-corrected chi connectivity index (χ2v) is 8.11. The van der Waals surface area contributed by atoms with Crippen LogP contribution >= 0.6 is 0 Å². The first-order valence-corrected chi connectivity index (χ1v) is 10.8. The highest BCUT2D eigenvalue weighted by Gasteiger charge is 2.33. The van der Waals surface area contributed by atoms with Gasteiger partial charge in [-0.05, 0) is 31.9 Å². The smallest absolute Gasteiger partial charge is 0.237 e. The molecule has 1 aliphatic rings. The summed E-state index contributed by atoms with van der Waals surface area (Å²) in [5.41, 5.74) is 4.02. The van der Waals surface area contributed by atoms with Crippen molar-refractivity contribution in [3.63, 3.8) is 0 Å². The van der Waals surface area contributed by atoms with Crippen LogP contribution in [0.4, 0.5) is 0 Å². The first-order valence-electron chi connectivity index (χ1n) is 10.8. The van der Waals surface area contributed by atoms with E-state index >= 15 is 0 Å². The predicted octanol–water partition coefficient (Wildman–Crippen LogP) is 1.44. The molecule has 1 aromatic heterocycles. The van der Waals surface area contributed by atoms with Crippen molar-refractivity contribution in [2.45, 2.75) is 39.3 Å². The zero-order valence-electron chi connectivity index (χ0n) is 19.5. The van der Waals surface area contributed by atoms with Gasteiger partial charge in [-0.1, -0.05) is 12.1 Å². The molecule has 1 aromatic carbocycles. The number of likely N-dealkylation sites (N-methyl/N-ethyl adjacent to an activating group) is 1. The summed E-state index contributed by atoms with van der Waals surface area (Å²) in [6, 6.07) is 5.15. The van der Waals surface area contributed by atoms with E-state index in [0.29, 0.717) is 37.7 Å². The lowest BCUT2D eigenvalue weighted by Crippen LogP contribution is -2.56. The molecule has 0 spiro atoms.